The van der Waals surface area contributed by atoms with Crippen LogP contribution in [0.15, 0.2) is 23.8 Å². The van der Waals surface area contributed by atoms with Gasteiger partial charge in [0.15, 0.2) is 0 Å². The first kappa shape index (κ1) is 20.5. The van der Waals surface area contributed by atoms with E-state index >= 15 is 0 Å². The highest BCUT2D eigenvalue weighted by Crippen LogP contribution is 2.66. The summed E-state index contributed by atoms with van der Waals surface area (Å²) in [4.78, 5) is 33.4. The van der Waals surface area contributed by atoms with Crippen molar-refractivity contribution in [2.24, 2.45) is 11.8 Å². The summed E-state index contributed by atoms with van der Waals surface area (Å²) >= 11 is 0. The van der Waals surface area contributed by atoms with Crippen molar-refractivity contribution < 1.29 is 34.1 Å². The summed E-state index contributed by atoms with van der Waals surface area (Å²) in [5, 5.41) is 15.6. The number of likely N-dealkylation sites (N-methyl/N-ethyl adjacent to an activating group) is 1. The van der Waals surface area contributed by atoms with E-state index in [4.69, 9.17) is 19.7 Å². The average molecular weight is 393 g/mol. The number of carbonyl (C=O) groups excluding carboxylic acids is 1. The number of ether oxygens (including phenoxy) is 2. The Hall–Kier alpha value is -2.19. The smallest absolute Gasteiger partial charge is 0.328 e. The quantitative estimate of drug-likeness (QED) is 0.320. The molecule has 8 nitrogen and oxygen atoms in total. The molecule has 6 atom stereocenters. The fraction of sp³-hybridized carbons (Fsp3) is 0.650. The molecule has 2 aliphatic carbocycles. The molecule has 0 amide bonds. The molecular weight excluding hydrogens is 366 g/mol. The number of rotatable bonds is 3. The first-order valence-corrected chi connectivity index (χ1v) is 9.40. The van der Waals surface area contributed by atoms with Gasteiger partial charge in [0.2, 0.25) is 0 Å². The zero-order valence-corrected chi connectivity index (χ0v) is 16.5. The Bertz CT molecular complexity index is 742. The molecule has 2 aliphatic heterocycles. The number of esters is 1. The van der Waals surface area contributed by atoms with Crippen molar-refractivity contribution in [3.63, 3.8) is 0 Å². The van der Waals surface area contributed by atoms with Crippen LogP contribution in [0.2, 0.25) is 0 Å². The van der Waals surface area contributed by atoms with Crippen molar-refractivity contribution in [2.45, 2.75) is 56.5 Å². The minimum absolute atomic E-state index is 0.00188. The summed E-state index contributed by atoms with van der Waals surface area (Å²) in [6.07, 6.45) is 6.43. The second-order valence-electron chi connectivity index (χ2n) is 8.37. The molecule has 0 aromatic carbocycles. The van der Waals surface area contributed by atoms with Crippen LogP contribution < -0.4 is 0 Å². The van der Waals surface area contributed by atoms with Gasteiger partial charge in [0, 0.05) is 24.0 Å². The van der Waals surface area contributed by atoms with Crippen molar-refractivity contribution in [1.29, 1.82) is 0 Å². The Balaban J connectivity index is 0.000000242. The highest BCUT2D eigenvalue weighted by molar-refractivity contribution is 5.89. The second-order valence-corrected chi connectivity index (χ2v) is 8.37. The number of hydrogen-bond donors (Lipinski definition) is 2. The number of fused-ring (bicyclic) bond motifs is 2. The molecule has 2 heterocycles. The van der Waals surface area contributed by atoms with Crippen LogP contribution in [0.4, 0.5) is 0 Å². The number of carbonyl (C=O) groups is 3. The van der Waals surface area contributed by atoms with Crippen LogP contribution in [0.5, 0.6) is 0 Å². The molecular formula is C20H27NO7. The molecule has 154 valence electrons. The zero-order chi connectivity index (χ0) is 20.9. The number of carboxylic acids is 2. The minimum atomic E-state index is -1.26. The number of epoxide rings is 1. The van der Waals surface area contributed by atoms with E-state index in [0.29, 0.717) is 18.1 Å². The summed E-state index contributed by atoms with van der Waals surface area (Å²) in [7, 11) is 3.95. The fourth-order valence-electron chi connectivity index (χ4n) is 5.21. The molecule has 4 rings (SSSR count). The third-order valence-electron chi connectivity index (χ3n) is 6.51. The van der Waals surface area contributed by atoms with Gasteiger partial charge >= 0.3 is 17.9 Å². The highest BCUT2D eigenvalue weighted by atomic mass is 16.6. The van der Waals surface area contributed by atoms with Gasteiger partial charge in [0.25, 0.3) is 0 Å². The Morgan fingerprint density at radius 2 is 1.86 bits per heavy atom. The normalized spacial score (nSPS) is 40.5. The Kier molecular flexibility index (Phi) is 5.14. The Labute approximate surface area is 163 Å². The fourth-order valence-corrected chi connectivity index (χ4v) is 5.21. The van der Waals surface area contributed by atoms with Crippen LogP contribution in [0.25, 0.3) is 0 Å². The Morgan fingerprint density at radius 3 is 2.39 bits per heavy atom. The van der Waals surface area contributed by atoms with Crippen molar-refractivity contribution in [2.75, 3.05) is 14.1 Å². The second kappa shape index (κ2) is 7.00. The summed E-state index contributed by atoms with van der Waals surface area (Å²) in [5.74, 6) is -2.01. The van der Waals surface area contributed by atoms with Gasteiger partial charge in [-0.05, 0) is 47.2 Å². The summed E-state index contributed by atoms with van der Waals surface area (Å²) in [6.45, 7) is 4.40. The molecule has 2 N–H and O–H groups in total. The van der Waals surface area contributed by atoms with Crippen LogP contribution >= 0.6 is 0 Å². The van der Waals surface area contributed by atoms with Gasteiger partial charge < -0.3 is 19.7 Å². The first-order chi connectivity index (χ1) is 13.0. The van der Waals surface area contributed by atoms with Gasteiger partial charge in [-0.1, -0.05) is 11.6 Å². The average Bonchev–Trinajstić information content (AvgIpc) is 2.86. The van der Waals surface area contributed by atoms with E-state index in [2.05, 4.69) is 19.9 Å². The van der Waals surface area contributed by atoms with E-state index in [1.165, 1.54) is 5.57 Å². The van der Waals surface area contributed by atoms with E-state index in [9.17, 15) is 14.4 Å². The van der Waals surface area contributed by atoms with E-state index in [1.54, 1.807) is 0 Å². The topological polar surface area (TPSA) is 117 Å². The number of nitrogens with zero attached hydrogens (tertiary/aromatic N) is 1. The maximum Gasteiger partial charge on any atom is 0.328 e. The monoisotopic (exact) mass is 393 g/mol. The third kappa shape index (κ3) is 3.24. The molecule has 3 fully saturated rings. The summed E-state index contributed by atoms with van der Waals surface area (Å²) < 4.78 is 12.0. The van der Waals surface area contributed by atoms with Crippen molar-refractivity contribution in [3.8, 4) is 0 Å². The lowest BCUT2D eigenvalue weighted by Crippen LogP contribution is -2.41. The van der Waals surface area contributed by atoms with Crippen LogP contribution in [0.3, 0.4) is 0 Å². The number of aliphatic carboxylic acids is 2. The highest BCUT2D eigenvalue weighted by Gasteiger charge is 2.76. The molecule has 1 unspecified atom stereocenters. The van der Waals surface area contributed by atoms with Crippen LogP contribution in [-0.2, 0) is 23.9 Å². The molecule has 2 saturated heterocycles. The summed E-state index contributed by atoms with van der Waals surface area (Å²) in [5.41, 5.74) is 1.25. The maximum atomic E-state index is 12.3. The van der Waals surface area contributed by atoms with Gasteiger partial charge in [-0.2, -0.15) is 0 Å². The van der Waals surface area contributed by atoms with Gasteiger partial charge in [0.1, 0.15) is 17.7 Å². The van der Waals surface area contributed by atoms with Gasteiger partial charge in [-0.3, -0.25) is 9.69 Å². The van der Waals surface area contributed by atoms with Crippen molar-refractivity contribution >= 4 is 17.9 Å². The molecule has 0 aromatic heterocycles. The largest absolute Gasteiger partial charge is 0.478 e. The molecule has 0 radical (unpaired) electrons. The molecule has 0 aromatic rings. The standard InChI is InChI=1S/C16H23NO3.C4H4O4/c1-9-5-8-16-11(9)13-10(6-7-15(16,2)20-16)12(17(3)4)14(18)19-13;5-3(6)1-2-4(7)8/h5,10-13H,6-8H2,1-4H3;1-2H,(H,5,6)(H,7,8)/b;2-1+/t10-,11+,12?,13-,15-,16+;/m0./s1. The lowest BCUT2D eigenvalue weighted by Gasteiger charge is -2.29. The Morgan fingerprint density at radius 1 is 1.25 bits per heavy atom. The third-order valence-corrected chi connectivity index (χ3v) is 6.51. The molecule has 8 heteroatoms. The zero-order valence-electron chi connectivity index (χ0n) is 16.5. The van der Waals surface area contributed by atoms with E-state index in [0.717, 1.165) is 19.3 Å². The SMILES string of the molecule is CC1=CC[C@]23O[C@@]2(C)CC[C@H]2C(N(C)C)C(=O)O[C@@H]2[C@@H]13.O=C(O)/C=C/C(=O)O. The molecule has 1 saturated carbocycles. The number of carboxylic acid groups (broad SMARTS) is 2. The minimum Gasteiger partial charge on any atom is -0.478 e. The van der Waals surface area contributed by atoms with Crippen LogP contribution in [0.1, 0.15) is 33.1 Å². The molecule has 1 spiro atoms. The van der Waals surface area contributed by atoms with E-state index in [1.807, 2.05) is 19.0 Å². The van der Waals surface area contributed by atoms with E-state index in [-0.39, 0.29) is 35.2 Å². The predicted molar refractivity (Wildman–Crippen MR) is 98.6 cm³/mol. The lowest BCUT2D eigenvalue weighted by molar-refractivity contribution is -0.146. The van der Waals surface area contributed by atoms with E-state index < -0.39 is 11.9 Å². The summed E-state index contributed by atoms with van der Waals surface area (Å²) in [6, 6.07) is -0.0912. The van der Waals surface area contributed by atoms with Gasteiger partial charge in [-0.15, -0.1) is 0 Å². The predicted octanol–water partition coefficient (Wildman–Crippen LogP) is 1.46. The molecule has 0 bridgehead atoms. The van der Waals surface area contributed by atoms with Crippen LogP contribution in [0, 0.1) is 11.8 Å². The number of hydrogen-bond acceptors (Lipinski definition) is 6. The van der Waals surface area contributed by atoms with Gasteiger partial charge in [-0.25, -0.2) is 9.59 Å². The van der Waals surface area contributed by atoms with Crippen molar-refractivity contribution in [1.82, 2.24) is 4.90 Å². The lowest BCUT2D eigenvalue weighted by atomic mass is 9.78. The molecule has 4 aliphatic rings. The molecule has 28 heavy (non-hydrogen) atoms. The van der Waals surface area contributed by atoms with Gasteiger partial charge in [0.05, 0.1) is 5.60 Å². The first-order valence-electron chi connectivity index (χ1n) is 9.40. The van der Waals surface area contributed by atoms with Crippen LogP contribution in [-0.4, -0.2) is 70.5 Å². The maximum absolute atomic E-state index is 12.3. The van der Waals surface area contributed by atoms with Crippen molar-refractivity contribution in [3.05, 3.63) is 23.8 Å².